The number of nitrogens with zero attached hydrogens (tertiary/aromatic N) is 1. The smallest absolute Gasteiger partial charge is 0.255 e. The Bertz CT molecular complexity index is 718. The third kappa shape index (κ3) is 3.09. The topological polar surface area (TPSA) is 88.1 Å². The second kappa shape index (κ2) is 5.92. The number of nitriles is 1. The number of nitrogen functional groups attached to an aromatic ring is 1. The fourth-order valence-corrected chi connectivity index (χ4v) is 1.85. The molecule has 6 heteroatoms. The molecule has 0 bridgehead atoms. The minimum absolute atomic E-state index is 0.0577. The van der Waals surface area contributed by atoms with Crippen LogP contribution in [0.25, 0.3) is 0 Å². The maximum atomic E-state index is 13.3. The standard InChI is InChI=1S/C15H12FN3O2/c1-21-13-4-2-3-9(8-17)14(13)19-15(20)10-5-11(16)7-12(18)6-10/h2-7H,18H2,1H3,(H,19,20). The van der Waals surface area contributed by atoms with E-state index >= 15 is 0 Å². The molecule has 0 heterocycles. The lowest BCUT2D eigenvalue weighted by Crippen LogP contribution is -2.14. The van der Waals surface area contributed by atoms with Gasteiger partial charge in [0.25, 0.3) is 5.91 Å². The lowest BCUT2D eigenvalue weighted by Gasteiger charge is -2.12. The van der Waals surface area contributed by atoms with Crippen LogP contribution in [0, 0.1) is 17.1 Å². The summed E-state index contributed by atoms with van der Waals surface area (Å²) < 4.78 is 18.4. The van der Waals surface area contributed by atoms with E-state index in [2.05, 4.69) is 5.32 Å². The van der Waals surface area contributed by atoms with Crippen LogP contribution >= 0.6 is 0 Å². The molecule has 0 radical (unpaired) electrons. The molecule has 1 amide bonds. The van der Waals surface area contributed by atoms with Crippen molar-refractivity contribution in [1.29, 1.82) is 5.26 Å². The van der Waals surface area contributed by atoms with Crippen molar-refractivity contribution in [3.8, 4) is 11.8 Å². The number of halogens is 1. The van der Waals surface area contributed by atoms with E-state index in [1.165, 1.54) is 19.2 Å². The summed E-state index contributed by atoms with van der Waals surface area (Å²) in [6.07, 6.45) is 0. The van der Waals surface area contributed by atoms with E-state index in [0.29, 0.717) is 5.75 Å². The number of para-hydroxylation sites is 1. The zero-order chi connectivity index (χ0) is 15.4. The largest absolute Gasteiger partial charge is 0.495 e. The summed E-state index contributed by atoms with van der Waals surface area (Å²) in [6.45, 7) is 0. The van der Waals surface area contributed by atoms with Crippen LogP contribution in [0.3, 0.4) is 0 Å². The highest BCUT2D eigenvalue weighted by Gasteiger charge is 2.14. The van der Waals surface area contributed by atoms with Crippen LogP contribution in [0.5, 0.6) is 5.75 Å². The second-order valence-corrected chi connectivity index (χ2v) is 4.22. The normalized spacial score (nSPS) is 9.76. The van der Waals surface area contributed by atoms with E-state index in [0.717, 1.165) is 12.1 Å². The molecule has 21 heavy (non-hydrogen) atoms. The summed E-state index contributed by atoms with van der Waals surface area (Å²) in [5.41, 5.74) is 6.18. The van der Waals surface area contributed by atoms with Gasteiger partial charge in [-0.2, -0.15) is 5.26 Å². The summed E-state index contributed by atoms with van der Waals surface area (Å²) in [4.78, 5) is 12.2. The third-order valence-electron chi connectivity index (χ3n) is 2.79. The van der Waals surface area contributed by atoms with Crippen LogP contribution in [0.1, 0.15) is 15.9 Å². The number of methoxy groups -OCH3 is 1. The number of anilines is 2. The Morgan fingerprint density at radius 1 is 1.38 bits per heavy atom. The summed E-state index contributed by atoms with van der Waals surface area (Å²) in [6, 6.07) is 10.3. The first kappa shape index (κ1) is 14.3. The second-order valence-electron chi connectivity index (χ2n) is 4.22. The van der Waals surface area contributed by atoms with Crippen LogP contribution in [-0.2, 0) is 0 Å². The van der Waals surface area contributed by atoms with Crippen molar-refractivity contribution in [1.82, 2.24) is 0 Å². The Labute approximate surface area is 120 Å². The molecule has 106 valence electrons. The van der Waals surface area contributed by atoms with Gasteiger partial charge in [0, 0.05) is 11.3 Å². The van der Waals surface area contributed by atoms with Gasteiger partial charge < -0.3 is 15.8 Å². The van der Waals surface area contributed by atoms with Gasteiger partial charge in [-0.3, -0.25) is 4.79 Å². The molecular formula is C15H12FN3O2. The van der Waals surface area contributed by atoms with Crippen LogP contribution in [-0.4, -0.2) is 13.0 Å². The minimum atomic E-state index is -0.610. The molecule has 0 aliphatic carbocycles. The maximum Gasteiger partial charge on any atom is 0.255 e. The Hall–Kier alpha value is -3.07. The number of amides is 1. The lowest BCUT2D eigenvalue weighted by atomic mass is 10.1. The highest BCUT2D eigenvalue weighted by atomic mass is 19.1. The first-order valence-electron chi connectivity index (χ1n) is 5.99. The Kier molecular flexibility index (Phi) is 4.05. The molecule has 0 atom stereocenters. The van der Waals surface area contributed by atoms with Crippen molar-refractivity contribution >= 4 is 17.3 Å². The Morgan fingerprint density at radius 2 is 2.14 bits per heavy atom. The van der Waals surface area contributed by atoms with Crippen LogP contribution < -0.4 is 15.8 Å². The zero-order valence-corrected chi connectivity index (χ0v) is 11.2. The minimum Gasteiger partial charge on any atom is -0.495 e. The maximum absolute atomic E-state index is 13.3. The molecule has 0 aromatic heterocycles. The molecule has 0 saturated heterocycles. The van der Waals surface area contributed by atoms with E-state index in [1.54, 1.807) is 12.1 Å². The van der Waals surface area contributed by atoms with Gasteiger partial charge in [0.05, 0.1) is 12.7 Å². The van der Waals surface area contributed by atoms with Crippen LogP contribution in [0.4, 0.5) is 15.8 Å². The fourth-order valence-electron chi connectivity index (χ4n) is 1.85. The van der Waals surface area contributed by atoms with E-state index in [4.69, 9.17) is 15.7 Å². The average molecular weight is 285 g/mol. The molecule has 0 saturated carbocycles. The number of carbonyl (C=O) groups excluding carboxylic acids is 1. The molecule has 0 fully saturated rings. The SMILES string of the molecule is COc1cccc(C#N)c1NC(=O)c1cc(N)cc(F)c1. The highest BCUT2D eigenvalue weighted by molar-refractivity contribution is 6.06. The van der Waals surface area contributed by atoms with Gasteiger partial charge in [-0.1, -0.05) is 6.07 Å². The van der Waals surface area contributed by atoms with E-state index < -0.39 is 11.7 Å². The Morgan fingerprint density at radius 3 is 2.76 bits per heavy atom. The molecule has 5 nitrogen and oxygen atoms in total. The number of benzene rings is 2. The number of nitrogens with two attached hydrogens (primary N) is 1. The van der Waals surface area contributed by atoms with Gasteiger partial charge in [-0.05, 0) is 30.3 Å². The summed E-state index contributed by atoms with van der Waals surface area (Å²) in [5.74, 6) is -0.852. The first-order valence-corrected chi connectivity index (χ1v) is 5.99. The summed E-state index contributed by atoms with van der Waals surface area (Å²) in [7, 11) is 1.42. The van der Waals surface area contributed by atoms with Crippen LogP contribution in [0.2, 0.25) is 0 Å². The first-order chi connectivity index (χ1) is 10.0. The van der Waals surface area contributed by atoms with E-state index in [9.17, 15) is 9.18 Å². The quantitative estimate of drug-likeness (QED) is 0.848. The molecular weight excluding hydrogens is 273 g/mol. The van der Waals surface area contributed by atoms with Crippen molar-refractivity contribution in [2.75, 3.05) is 18.2 Å². The van der Waals surface area contributed by atoms with Crippen LogP contribution in [0.15, 0.2) is 36.4 Å². The molecule has 3 N–H and O–H groups in total. The average Bonchev–Trinajstić information content (AvgIpc) is 2.46. The third-order valence-corrected chi connectivity index (χ3v) is 2.79. The van der Waals surface area contributed by atoms with Crippen molar-refractivity contribution < 1.29 is 13.9 Å². The number of nitrogens with one attached hydrogen (secondary N) is 1. The van der Waals surface area contributed by atoms with Gasteiger partial charge in [0.15, 0.2) is 0 Å². The van der Waals surface area contributed by atoms with Gasteiger partial charge in [0.2, 0.25) is 0 Å². The predicted octanol–water partition coefficient (Wildman–Crippen LogP) is 2.54. The fraction of sp³-hybridized carbons (Fsp3) is 0.0667. The monoisotopic (exact) mass is 285 g/mol. The molecule has 2 aromatic rings. The van der Waals surface area contributed by atoms with Crippen molar-refractivity contribution in [3.63, 3.8) is 0 Å². The molecule has 0 unspecified atom stereocenters. The van der Waals surface area contributed by atoms with Gasteiger partial charge >= 0.3 is 0 Å². The number of hydrogen-bond donors (Lipinski definition) is 2. The highest BCUT2D eigenvalue weighted by Crippen LogP contribution is 2.28. The zero-order valence-electron chi connectivity index (χ0n) is 11.2. The number of hydrogen-bond acceptors (Lipinski definition) is 4. The number of ether oxygens (including phenoxy) is 1. The predicted molar refractivity (Wildman–Crippen MR) is 76.5 cm³/mol. The van der Waals surface area contributed by atoms with Gasteiger partial charge in [-0.25, -0.2) is 4.39 Å². The molecule has 0 aliphatic rings. The molecule has 0 spiro atoms. The van der Waals surface area contributed by atoms with Crippen molar-refractivity contribution in [2.24, 2.45) is 0 Å². The molecule has 0 aliphatic heterocycles. The number of carbonyl (C=O) groups is 1. The lowest BCUT2D eigenvalue weighted by molar-refractivity contribution is 0.102. The van der Waals surface area contributed by atoms with Crippen molar-refractivity contribution in [3.05, 3.63) is 53.3 Å². The van der Waals surface area contributed by atoms with E-state index in [-0.39, 0.29) is 22.5 Å². The summed E-state index contributed by atoms with van der Waals surface area (Å²) in [5, 5.41) is 11.6. The van der Waals surface area contributed by atoms with Gasteiger partial charge in [-0.15, -0.1) is 0 Å². The Balaban J connectivity index is 2.38. The molecule has 2 rings (SSSR count). The summed E-state index contributed by atoms with van der Waals surface area (Å²) >= 11 is 0. The molecule has 2 aromatic carbocycles. The number of rotatable bonds is 3. The van der Waals surface area contributed by atoms with E-state index in [1.807, 2.05) is 6.07 Å². The van der Waals surface area contributed by atoms with Gasteiger partial charge in [0.1, 0.15) is 23.3 Å². The van der Waals surface area contributed by atoms with Crippen molar-refractivity contribution in [2.45, 2.75) is 0 Å².